The minimum Gasteiger partial charge on any atom is -0.466 e. The summed E-state index contributed by atoms with van der Waals surface area (Å²) in [7, 11) is 0. The molecule has 5 nitrogen and oxygen atoms in total. The normalized spacial score (nSPS) is 23.6. The third-order valence-electron chi connectivity index (χ3n) is 3.08. The predicted octanol–water partition coefficient (Wildman–Crippen LogP) is 1.49. The number of hydrogen-bond donors (Lipinski definition) is 0. The van der Waals surface area contributed by atoms with E-state index >= 15 is 0 Å². The standard InChI is InChI=1S/C13H20O5/c1-3-17-11(14)8-9-6-5-7-10(12(9)15)13(16)18-4-2/h9-10H,3-8H2,1-2H3. The third-order valence-corrected chi connectivity index (χ3v) is 3.08. The highest BCUT2D eigenvalue weighted by Crippen LogP contribution is 2.29. The van der Waals surface area contributed by atoms with E-state index in [1.54, 1.807) is 13.8 Å². The Labute approximate surface area is 107 Å². The molecule has 1 aliphatic rings. The van der Waals surface area contributed by atoms with E-state index in [1.807, 2.05) is 0 Å². The zero-order chi connectivity index (χ0) is 13.5. The zero-order valence-electron chi connectivity index (χ0n) is 10.9. The van der Waals surface area contributed by atoms with Crippen LogP contribution in [-0.2, 0) is 23.9 Å². The van der Waals surface area contributed by atoms with Crippen molar-refractivity contribution in [2.75, 3.05) is 13.2 Å². The summed E-state index contributed by atoms with van der Waals surface area (Å²) >= 11 is 0. The minimum absolute atomic E-state index is 0.0720. The van der Waals surface area contributed by atoms with Crippen LogP contribution in [0.3, 0.4) is 0 Å². The molecule has 0 bridgehead atoms. The Kier molecular flexibility index (Phi) is 5.82. The lowest BCUT2D eigenvalue weighted by atomic mass is 9.78. The first kappa shape index (κ1) is 14.7. The van der Waals surface area contributed by atoms with E-state index in [4.69, 9.17) is 9.47 Å². The van der Waals surface area contributed by atoms with Gasteiger partial charge in [-0.25, -0.2) is 0 Å². The summed E-state index contributed by atoms with van der Waals surface area (Å²) in [6.07, 6.45) is 2.01. The number of rotatable bonds is 5. The van der Waals surface area contributed by atoms with E-state index in [0.717, 1.165) is 6.42 Å². The van der Waals surface area contributed by atoms with Crippen molar-refractivity contribution >= 4 is 17.7 Å². The van der Waals surface area contributed by atoms with Crippen LogP contribution in [0.5, 0.6) is 0 Å². The van der Waals surface area contributed by atoms with Crippen LogP contribution in [0, 0.1) is 11.8 Å². The van der Waals surface area contributed by atoms with Gasteiger partial charge in [-0.15, -0.1) is 0 Å². The van der Waals surface area contributed by atoms with Crippen LogP contribution in [0.2, 0.25) is 0 Å². The summed E-state index contributed by atoms with van der Waals surface area (Å²) in [4.78, 5) is 35.0. The molecule has 1 rings (SSSR count). The predicted molar refractivity (Wildman–Crippen MR) is 63.7 cm³/mol. The third kappa shape index (κ3) is 3.82. The van der Waals surface area contributed by atoms with Gasteiger partial charge in [0.15, 0.2) is 5.78 Å². The van der Waals surface area contributed by atoms with E-state index in [9.17, 15) is 14.4 Å². The molecule has 0 aromatic rings. The summed E-state index contributed by atoms with van der Waals surface area (Å²) < 4.78 is 9.71. The molecule has 0 heterocycles. The lowest BCUT2D eigenvalue weighted by molar-refractivity contribution is -0.156. The molecule has 0 N–H and O–H groups in total. The average Bonchev–Trinajstić information content (AvgIpc) is 2.32. The first-order valence-electron chi connectivity index (χ1n) is 6.46. The zero-order valence-corrected chi connectivity index (χ0v) is 10.9. The maximum Gasteiger partial charge on any atom is 0.316 e. The van der Waals surface area contributed by atoms with Gasteiger partial charge in [-0.1, -0.05) is 6.42 Å². The van der Waals surface area contributed by atoms with Crippen molar-refractivity contribution in [2.24, 2.45) is 11.8 Å². The Bertz CT molecular complexity index is 323. The molecule has 0 aromatic carbocycles. The summed E-state index contributed by atoms with van der Waals surface area (Å²) in [5.41, 5.74) is 0. The highest BCUT2D eigenvalue weighted by Gasteiger charge is 2.37. The second-order valence-corrected chi connectivity index (χ2v) is 4.34. The van der Waals surface area contributed by atoms with Crippen LogP contribution >= 0.6 is 0 Å². The molecule has 0 aliphatic heterocycles. The molecule has 1 fully saturated rings. The highest BCUT2D eigenvalue weighted by molar-refractivity contribution is 6.01. The van der Waals surface area contributed by atoms with Crippen LogP contribution in [-0.4, -0.2) is 30.9 Å². The van der Waals surface area contributed by atoms with Gasteiger partial charge in [0, 0.05) is 5.92 Å². The number of Topliss-reactive ketones (excluding diaryl/α,β-unsaturated/α-hetero) is 1. The smallest absolute Gasteiger partial charge is 0.316 e. The fraction of sp³-hybridized carbons (Fsp3) is 0.769. The molecule has 102 valence electrons. The van der Waals surface area contributed by atoms with E-state index in [1.165, 1.54) is 0 Å². The van der Waals surface area contributed by atoms with Crippen molar-refractivity contribution in [2.45, 2.75) is 39.5 Å². The quantitative estimate of drug-likeness (QED) is 0.550. The van der Waals surface area contributed by atoms with Gasteiger partial charge in [-0.3, -0.25) is 14.4 Å². The van der Waals surface area contributed by atoms with E-state index in [0.29, 0.717) is 19.4 Å². The molecule has 18 heavy (non-hydrogen) atoms. The fourth-order valence-corrected chi connectivity index (χ4v) is 2.24. The Morgan fingerprint density at radius 2 is 1.83 bits per heavy atom. The van der Waals surface area contributed by atoms with Crippen molar-refractivity contribution in [3.05, 3.63) is 0 Å². The Hall–Kier alpha value is -1.39. The Balaban J connectivity index is 2.58. The van der Waals surface area contributed by atoms with Crippen LogP contribution in [0.4, 0.5) is 0 Å². The summed E-state index contributed by atoms with van der Waals surface area (Å²) in [5, 5.41) is 0. The molecule has 0 radical (unpaired) electrons. The maximum absolute atomic E-state index is 12.1. The SMILES string of the molecule is CCOC(=O)CC1CCCC(C(=O)OCC)C1=O. The van der Waals surface area contributed by atoms with Gasteiger partial charge in [0.2, 0.25) is 0 Å². The molecule has 5 heteroatoms. The fourth-order valence-electron chi connectivity index (χ4n) is 2.24. The van der Waals surface area contributed by atoms with Gasteiger partial charge in [0.25, 0.3) is 0 Å². The molecular formula is C13H20O5. The highest BCUT2D eigenvalue weighted by atomic mass is 16.5. The molecule has 2 atom stereocenters. The van der Waals surface area contributed by atoms with E-state index in [-0.39, 0.29) is 24.8 Å². The number of carbonyl (C=O) groups is 3. The van der Waals surface area contributed by atoms with E-state index < -0.39 is 17.8 Å². The molecule has 0 amide bonds. The molecule has 1 aliphatic carbocycles. The summed E-state index contributed by atoms with van der Waals surface area (Å²) in [6.45, 7) is 4.01. The Morgan fingerprint density at radius 3 is 2.44 bits per heavy atom. The molecule has 1 saturated carbocycles. The second kappa shape index (κ2) is 7.13. The van der Waals surface area contributed by atoms with Crippen LogP contribution in [0.25, 0.3) is 0 Å². The lowest BCUT2D eigenvalue weighted by Gasteiger charge is -2.25. The summed E-state index contributed by atoms with van der Waals surface area (Å²) in [5.74, 6) is -2.10. The first-order chi connectivity index (χ1) is 8.60. The van der Waals surface area contributed by atoms with Crippen molar-refractivity contribution in [3.63, 3.8) is 0 Å². The first-order valence-corrected chi connectivity index (χ1v) is 6.46. The molecule has 0 saturated heterocycles. The van der Waals surface area contributed by atoms with Crippen molar-refractivity contribution in [1.82, 2.24) is 0 Å². The Morgan fingerprint density at radius 1 is 1.17 bits per heavy atom. The second-order valence-electron chi connectivity index (χ2n) is 4.34. The molecule has 0 aromatic heterocycles. The number of ketones is 1. The topological polar surface area (TPSA) is 69.7 Å². The number of carbonyl (C=O) groups excluding carboxylic acids is 3. The summed E-state index contributed by atoms with van der Waals surface area (Å²) in [6, 6.07) is 0. The van der Waals surface area contributed by atoms with Gasteiger partial charge in [-0.05, 0) is 26.7 Å². The van der Waals surface area contributed by atoms with Crippen LogP contribution < -0.4 is 0 Å². The van der Waals surface area contributed by atoms with Gasteiger partial charge < -0.3 is 9.47 Å². The van der Waals surface area contributed by atoms with Gasteiger partial charge in [0.05, 0.1) is 19.6 Å². The van der Waals surface area contributed by atoms with E-state index in [2.05, 4.69) is 0 Å². The lowest BCUT2D eigenvalue weighted by Crippen LogP contribution is -2.36. The largest absolute Gasteiger partial charge is 0.466 e. The van der Waals surface area contributed by atoms with Gasteiger partial charge >= 0.3 is 11.9 Å². The minimum atomic E-state index is -0.696. The maximum atomic E-state index is 12.1. The van der Waals surface area contributed by atoms with Crippen molar-refractivity contribution < 1.29 is 23.9 Å². The monoisotopic (exact) mass is 256 g/mol. The molecular weight excluding hydrogens is 236 g/mol. The van der Waals surface area contributed by atoms with Crippen LogP contribution in [0.1, 0.15) is 39.5 Å². The van der Waals surface area contributed by atoms with Crippen LogP contribution in [0.15, 0.2) is 0 Å². The number of esters is 2. The number of hydrogen-bond acceptors (Lipinski definition) is 5. The molecule has 2 unspecified atom stereocenters. The average molecular weight is 256 g/mol. The van der Waals surface area contributed by atoms with Crippen molar-refractivity contribution in [3.8, 4) is 0 Å². The van der Waals surface area contributed by atoms with Gasteiger partial charge in [0.1, 0.15) is 5.92 Å². The van der Waals surface area contributed by atoms with Crippen molar-refractivity contribution in [1.29, 1.82) is 0 Å². The number of ether oxygens (including phenoxy) is 2. The molecule has 0 spiro atoms. The van der Waals surface area contributed by atoms with Gasteiger partial charge in [-0.2, -0.15) is 0 Å².